The average Bonchev–Trinajstić information content (AvgIpc) is 2.49. The Labute approximate surface area is 121 Å². The second-order valence-corrected chi connectivity index (χ2v) is 5.52. The zero-order valence-corrected chi connectivity index (χ0v) is 12.5. The van der Waals surface area contributed by atoms with Crippen LogP contribution in [0.5, 0.6) is 0 Å². The van der Waals surface area contributed by atoms with Crippen molar-refractivity contribution < 1.29 is 9.53 Å². The number of carbonyl (C=O) groups excluding carboxylic acids is 1. The zero-order valence-electron chi connectivity index (χ0n) is 12.5. The molecule has 1 aromatic rings. The lowest BCUT2D eigenvalue weighted by molar-refractivity contribution is -0.143. The molecular formula is C17H25NO2. The lowest BCUT2D eigenvalue weighted by atomic mass is 9.95. The molecule has 1 aliphatic rings. The molecule has 2 rings (SSSR count). The number of likely N-dealkylation sites (tertiary alicyclic amines) is 1. The van der Waals surface area contributed by atoms with Crippen molar-refractivity contribution in [1.82, 2.24) is 4.90 Å². The Morgan fingerprint density at radius 2 is 2.10 bits per heavy atom. The molecule has 1 fully saturated rings. The molecule has 0 aromatic heterocycles. The molecule has 1 aliphatic heterocycles. The molecule has 0 bridgehead atoms. The molecule has 3 nitrogen and oxygen atoms in total. The predicted octanol–water partition coefficient (Wildman–Crippen LogP) is 3.56. The molecule has 1 saturated heterocycles. The Morgan fingerprint density at radius 3 is 2.75 bits per heavy atom. The standard InChI is InChI=1S/C17H25NO2/c1-3-16-11-7-8-12-18(16)17(13-20-14(2)19)15-9-5-4-6-10-15/h4-6,9-10,16-17H,3,7-8,11-13H2,1-2H3/t16-,17+/m1/s1. The first kappa shape index (κ1) is 15.0. The van der Waals surface area contributed by atoms with Crippen LogP contribution in [0.4, 0.5) is 0 Å². The number of hydrogen-bond donors (Lipinski definition) is 0. The highest BCUT2D eigenvalue weighted by atomic mass is 16.5. The number of rotatable bonds is 5. The van der Waals surface area contributed by atoms with Crippen molar-refractivity contribution in [2.75, 3.05) is 13.2 Å². The maximum Gasteiger partial charge on any atom is 0.302 e. The van der Waals surface area contributed by atoms with E-state index in [0.29, 0.717) is 12.6 Å². The van der Waals surface area contributed by atoms with E-state index in [1.807, 2.05) is 6.07 Å². The summed E-state index contributed by atoms with van der Waals surface area (Å²) in [5.41, 5.74) is 1.24. The molecule has 110 valence electrons. The van der Waals surface area contributed by atoms with Crippen molar-refractivity contribution in [1.29, 1.82) is 0 Å². The second kappa shape index (κ2) is 7.44. The van der Waals surface area contributed by atoms with Gasteiger partial charge in [0.25, 0.3) is 0 Å². The summed E-state index contributed by atoms with van der Waals surface area (Å²) in [5.74, 6) is -0.198. The van der Waals surface area contributed by atoms with E-state index in [2.05, 4.69) is 36.1 Å². The van der Waals surface area contributed by atoms with Crippen LogP contribution in [0, 0.1) is 0 Å². The van der Waals surface area contributed by atoms with E-state index in [-0.39, 0.29) is 12.0 Å². The number of ether oxygens (including phenoxy) is 1. The fourth-order valence-electron chi connectivity index (χ4n) is 3.13. The summed E-state index contributed by atoms with van der Waals surface area (Å²) in [6.45, 7) is 5.28. The van der Waals surface area contributed by atoms with Crippen molar-refractivity contribution in [3.63, 3.8) is 0 Å². The van der Waals surface area contributed by atoms with Gasteiger partial charge in [0.15, 0.2) is 0 Å². The first-order chi connectivity index (χ1) is 9.72. The number of carbonyl (C=O) groups is 1. The predicted molar refractivity (Wildman–Crippen MR) is 80.5 cm³/mol. The number of nitrogens with zero attached hydrogens (tertiary/aromatic N) is 1. The van der Waals surface area contributed by atoms with Gasteiger partial charge >= 0.3 is 5.97 Å². The number of esters is 1. The van der Waals surface area contributed by atoms with Crippen molar-refractivity contribution >= 4 is 5.97 Å². The molecule has 0 spiro atoms. The largest absolute Gasteiger partial charge is 0.464 e. The summed E-state index contributed by atoms with van der Waals surface area (Å²) in [6.07, 6.45) is 4.95. The molecule has 20 heavy (non-hydrogen) atoms. The Bertz CT molecular complexity index is 418. The van der Waals surface area contributed by atoms with E-state index in [9.17, 15) is 4.79 Å². The van der Waals surface area contributed by atoms with Crippen LogP contribution < -0.4 is 0 Å². The number of piperidine rings is 1. The monoisotopic (exact) mass is 275 g/mol. The third-order valence-electron chi connectivity index (χ3n) is 4.17. The van der Waals surface area contributed by atoms with Crippen LogP contribution in [0.1, 0.15) is 51.1 Å². The van der Waals surface area contributed by atoms with Crippen molar-refractivity contribution in [2.45, 2.75) is 51.6 Å². The summed E-state index contributed by atoms with van der Waals surface area (Å²) in [7, 11) is 0. The molecule has 0 amide bonds. The van der Waals surface area contributed by atoms with Gasteiger partial charge in [-0.3, -0.25) is 9.69 Å². The number of hydrogen-bond acceptors (Lipinski definition) is 3. The van der Waals surface area contributed by atoms with Crippen LogP contribution in [0.15, 0.2) is 30.3 Å². The van der Waals surface area contributed by atoms with Gasteiger partial charge in [0.05, 0.1) is 6.04 Å². The van der Waals surface area contributed by atoms with E-state index < -0.39 is 0 Å². The van der Waals surface area contributed by atoms with E-state index in [4.69, 9.17) is 4.74 Å². The highest BCUT2D eigenvalue weighted by molar-refractivity contribution is 5.65. The molecule has 2 atom stereocenters. The molecule has 0 unspecified atom stereocenters. The van der Waals surface area contributed by atoms with Crippen molar-refractivity contribution in [2.24, 2.45) is 0 Å². The van der Waals surface area contributed by atoms with E-state index in [0.717, 1.165) is 13.0 Å². The third kappa shape index (κ3) is 3.83. The summed E-state index contributed by atoms with van der Waals surface area (Å²) in [6, 6.07) is 11.2. The minimum atomic E-state index is -0.198. The Hall–Kier alpha value is -1.35. The van der Waals surface area contributed by atoms with Crippen LogP contribution >= 0.6 is 0 Å². The van der Waals surface area contributed by atoms with Gasteiger partial charge in [0.2, 0.25) is 0 Å². The van der Waals surface area contributed by atoms with Gasteiger partial charge in [-0.15, -0.1) is 0 Å². The third-order valence-corrected chi connectivity index (χ3v) is 4.17. The maximum atomic E-state index is 11.2. The SMILES string of the molecule is CC[C@@H]1CCCCN1[C@@H](COC(C)=O)c1ccccc1. The van der Waals surface area contributed by atoms with E-state index in [1.54, 1.807) is 0 Å². The summed E-state index contributed by atoms with van der Waals surface area (Å²) in [4.78, 5) is 13.7. The molecule has 1 aromatic carbocycles. The first-order valence-corrected chi connectivity index (χ1v) is 7.66. The fraction of sp³-hybridized carbons (Fsp3) is 0.588. The summed E-state index contributed by atoms with van der Waals surface area (Å²) < 4.78 is 5.32. The molecule has 3 heteroatoms. The highest BCUT2D eigenvalue weighted by Gasteiger charge is 2.29. The van der Waals surface area contributed by atoms with Crippen LogP contribution in [0.2, 0.25) is 0 Å². The fourth-order valence-corrected chi connectivity index (χ4v) is 3.13. The van der Waals surface area contributed by atoms with E-state index in [1.165, 1.54) is 31.7 Å². The molecular weight excluding hydrogens is 250 g/mol. The Morgan fingerprint density at radius 1 is 1.35 bits per heavy atom. The minimum absolute atomic E-state index is 0.186. The first-order valence-electron chi connectivity index (χ1n) is 7.66. The average molecular weight is 275 g/mol. The van der Waals surface area contributed by atoms with E-state index >= 15 is 0 Å². The van der Waals surface area contributed by atoms with Gasteiger partial charge in [0.1, 0.15) is 6.61 Å². The molecule has 0 saturated carbocycles. The topological polar surface area (TPSA) is 29.5 Å². The molecule has 0 N–H and O–H groups in total. The van der Waals surface area contributed by atoms with Crippen molar-refractivity contribution in [3.05, 3.63) is 35.9 Å². The van der Waals surface area contributed by atoms with Gasteiger partial charge in [0, 0.05) is 13.0 Å². The summed E-state index contributed by atoms with van der Waals surface area (Å²) in [5, 5.41) is 0. The lowest BCUT2D eigenvalue weighted by Crippen LogP contribution is -2.43. The smallest absolute Gasteiger partial charge is 0.302 e. The van der Waals surface area contributed by atoms with Gasteiger partial charge < -0.3 is 4.74 Å². The van der Waals surface area contributed by atoms with Crippen LogP contribution in [0.3, 0.4) is 0 Å². The Kier molecular flexibility index (Phi) is 5.60. The maximum absolute atomic E-state index is 11.2. The summed E-state index contributed by atoms with van der Waals surface area (Å²) >= 11 is 0. The van der Waals surface area contributed by atoms with Gasteiger partial charge in [-0.1, -0.05) is 43.7 Å². The van der Waals surface area contributed by atoms with Crippen molar-refractivity contribution in [3.8, 4) is 0 Å². The molecule has 1 heterocycles. The zero-order chi connectivity index (χ0) is 14.4. The lowest BCUT2D eigenvalue weighted by Gasteiger charge is -2.41. The van der Waals surface area contributed by atoms with Crippen LogP contribution in [0.25, 0.3) is 0 Å². The Balaban J connectivity index is 2.18. The van der Waals surface area contributed by atoms with Crippen LogP contribution in [-0.2, 0) is 9.53 Å². The highest BCUT2D eigenvalue weighted by Crippen LogP contribution is 2.30. The normalized spacial score (nSPS) is 21.4. The minimum Gasteiger partial charge on any atom is -0.464 e. The second-order valence-electron chi connectivity index (χ2n) is 5.52. The van der Waals surface area contributed by atoms with Gasteiger partial charge in [-0.2, -0.15) is 0 Å². The quantitative estimate of drug-likeness (QED) is 0.770. The van der Waals surface area contributed by atoms with Crippen LogP contribution in [-0.4, -0.2) is 30.1 Å². The van der Waals surface area contributed by atoms with Gasteiger partial charge in [-0.05, 0) is 31.4 Å². The molecule has 0 radical (unpaired) electrons. The van der Waals surface area contributed by atoms with Gasteiger partial charge in [-0.25, -0.2) is 0 Å². The molecule has 0 aliphatic carbocycles. The number of benzene rings is 1.